The van der Waals surface area contributed by atoms with E-state index in [-0.39, 0.29) is 65.2 Å². The van der Waals surface area contributed by atoms with Crippen molar-refractivity contribution in [3.8, 4) is 0 Å². The molecule has 0 unspecified atom stereocenters. The third kappa shape index (κ3) is 12.4. The number of nitrogens with zero attached hydrogens (tertiary/aromatic N) is 3. The highest BCUT2D eigenvalue weighted by Gasteiger charge is 2.44. The Hall–Kier alpha value is -3.20. The molecular weight excluding hydrogens is 749 g/mol. The van der Waals surface area contributed by atoms with Crippen molar-refractivity contribution in [2.45, 2.75) is 148 Å². The smallest absolute Gasteiger partial charge is 0.226 e. The molecule has 3 rings (SSSR count). The number of Topliss-reactive ketones (excluding diaryl/α,β-unsaturated/α-hetero) is 2. The summed E-state index contributed by atoms with van der Waals surface area (Å²) in [5, 5.41) is 2.59. The molecule has 3 amide bonds. The zero-order valence-electron chi connectivity index (χ0n) is 36.3. The summed E-state index contributed by atoms with van der Waals surface area (Å²) in [5.41, 5.74) is 0.440. The highest BCUT2D eigenvalue weighted by Crippen LogP contribution is 2.32. The number of sulfone groups is 1. The Bertz CT molecular complexity index is 1630. The third-order valence-electron chi connectivity index (χ3n) is 12.3. The first-order valence-corrected chi connectivity index (χ1v) is 22.5. The number of benzene rings is 1. The van der Waals surface area contributed by atoms with E-state index in [4.69, 9.17) is 9.47 Å². The predicted octanol–water partition coefficient (Wildman–Crippen LogP) is 5.40. The Balaban J connectivity index is 1.77. The van der Waals surface area contributed by atoms with E-state index in [2.05, 4.69) is 24.1 Å². The molecule has 0 radical (unpaired) electrons. The first-order valence-electron chi connectivity index (χ1n) is 20.8. The molecule has 0 aliphatic carbocycles. The number of likely N-dealkylation sites (tertiary alicyclic amines) is 2. The molecule has 0 aromatic heterocycles. The number of carbonyl (C=O) groups excluding carboxylic acids is 5. The largest absolute Gasteiger partial charge is 0.379 e. The number of likely N-dealkylation sites (N-methyl/N-ethyl adjacent to an activating group) is 1. The maximum atomic E-state index is 14.4. The van der Waals surface area contributed by atoms with Crippen molar-refractivity contribution in [1.29, 1.82) is 0 Å². The normalized spacial score (nSPS) is 21.1. The molecular formula is C43H70N4O9S. The minimum absolute atomic E-state index is 0.0159. The van der Waals surface area contributed by atoms with Gasteiger partial charge in [-0.25, -0.2) is 8.42 Å². The first-order chi connectivity index (χ1) is 26.8. The number of rotatable bonds is 21. The summed E-state index contributed by atoms with van der Waals surface area (Å²) >= 11 is 0. The van der Waals surface area contributed by atoms with Crippen molar-refractivity contribution in [2.24, 2.45) is 23.7 Å². The summed E-state index contributed by atoms with van der Waals surface area (Å²) < 4.78 is 38.4. The fraction of sp³-hybridized carbons (Fsp3) is 0.744. The Morgan fingerprint density at radius 2 is 1.54 bits per heavy atom. The van der Waals surface area contributed by atoms with E-state index in [0.29, 0.717) is 25.1 Å². The van der Waals surface area contributed by atoms with E-state index in [1.165, 1.54) is 38.3 Å². The summed E-state index contributed by atoms with van der Waals surface area (Å²) in [6, 6.07) is 4.78. The fourth-order valence-corrected chi connectivity index (χ4v) is 10.2. The van der Waals surface area contributed by atoms with Crippen molar-refractivity contribution in [3.05, 3.63) is 24.3 Å². The summed E-state index contributed by atoms with van der Waals surface area (Å²) in [7, 11) is 0.774. The lowest BCUT2D eigenvalue weighted by Crippen LogP contribution is -2.54. The van der Waals surface area contributed by atoms with Gasteiger partial charge in [-0.2, -0.15) is 0 Å². The second-order valence-corrected chi connectivity index (χ2v) is 18.9. The van der Waals surface area contributed by atoms with E-state index in [9.17, 15) is 32.4 Å². The number of piperidine rings is 1. The van der Waals surface area contributed by atoms with Gasteiger partial charge in [0.1, 0.15) is 5.75 Å². The van der Waals surface area contributed by atoms with Crippen molar-refractivity contribution in [2.75, 3.05) is 45.4 Å². The van der Waals surface area contributed by atoms with Crippen LogP contribution in [0.4, 0.5) is 5.69 Å². The summed E-state index contributed by atoms with van der Waals surface area (Å²) in [6.07, 6.45) is 3.59. The van der Waals surface area contributed by atoms with Crippen LogP contribution in [0.3, 0.4) is 0 Å². The van der Waals surface area contributed by atoms with E-state index < -0.39 is 57.5 Å². The van der Waals surface area contributed by atoms with Crippen LogP contribution < -0.4 is 5.32 Å². The summed E-state index contributed by atoms with van der Waals surface area (Å²) in [4.78, 5) is 73.0. The maximum Gasteiger partial charge on any atom is 0.226 e. The molecule has 0 bridgehead atoms. The quantitative estimate of drug-likeness (QED) is 0.170. The number of ether oxygens (including phenoxy) is 2. The lowest BCUT2D eigenvalue weighted by Gasteiger charge is -2.41. The molecule has 14 heteroatoms. The molecule has 2 fully saturated rings. The van der Waals surface area contributed by atoms with Crippen LogP contribution in [0.15, 0.2) is 29.2 Å². The molecule has 0 spiro atoms. The zero-order chi connectivity index (χ0) is 42.8. The minimum Gasteiger partial charge on any atom is -0.379 e. The molecule has 1 aromatic rings. The van der Waals surface area contributed by atoms with Crippen LogP contribution in [-0.4, -0.2) is 129 Å². The van der Waals surface area contributed by atoms with Crippen LogP contribution in [0.2, 0.25) is 0 Å². The predicted molar refractivity (Wildman–Crippen MR) is 221 cm³/mol. The SMILES string of the molecule is CC[C@H](C)[C@@H]([C@@H](CC(=O)N1CCC[C@H]1[C@H](OC)[C@@H](C)C(=O)CS(=O)(=O)c1ccc(NC(C)=O)cc1)OC)N(C)C(=O)[C@@H](CC(=O)[C@H]1CCCCN1C(C)C)C(C)C. The second-order valence-electron chi connectivity index (χ2n) is 16.9. The van der Waals surface area contributed by atoms with E-state index in [1.807, 2.05) is 27.7 Å². The number of hydrogen-bond acceptors (Lipinski definition) is 10. The molecule has 2 aliphatic heterocycles. The zero-order valence-corrected chi connectivity index (χ0v) is 37.1. The van der Waals surface area contributed by atoms with Gasteiger partial charge < -0.3 is 24.6 Å². The van der Waals surface area contributed by atoms with Gasteiger partial charge in [-0.15, -0.1) is 0 Å². The molecule has 0 saturated carbocycles. The van der Waals surface area contributed by atoms with Crippen LogP contribution >= 0.6 is 0 Å². The van der Waals surface area contributed by atoms with Gasteiger partial charge in [0.15, 0.2) is 21.4 Å². The Morgan fingerprint density at radius 3 is 2.09 bits per heavy atom. The molecule has 2 aliphatic rings. The van der Waals surface area contributed by atoms with Crippen molar-refractivity contribution < 1.29 is 41.9 Å². The minimum atomic E-state index is -4.00. The highest BCUT2D eigenvalue weighted by atomic mass is 32.2. The number of hydrogen-bond donors (Lipinski definition) is 1. The van der Waals surface area contributed by atoms with Gasteiger partial charge in [0.05, 0.1) is 41.6 Å². The van der Waals surface area contributed by atoms with E-state index in [1.54, 1.807) is 30.9 Å². The number of ketones is 2. The van der Waals surface area contributed by atoms with Crippen molar-refractivity contribution in [1.82, 2.24) is 14.7 Å². The van der Waals surface area contributed by atoms with Crippen molar-refractivity contribution >= 4 is 44.8 Å². The van der Waals surface area contributed by atoms with Gasteiger partial charge in [-0.3, -0.25) is 28.9 Å². The Labute approximate surface area is 341 Å². The van der Waals surface area contributed by atoms with Crippen LogP contribution in [0.1, 0.15) is 107 Å². The van der Waals surface area contributed by atoms with Crippen molar-refractivity contribution in [3.63, 3.8) is 0 Å². The molecule has 1 N–H and O–H groups in total. The van der Waals surface area contributed by atoms with E-state index >= 15 is 0 Å². The summed E-state index contributed by atoms with van der Waals surface area (Å²) in [6.45, 7) is 16.6. The average Bonchev–Trinajstić information content (AvgIpc) is 3.65. The van der Waals surface area contributed by atoms with Crippen LogP contribution in [0.25, 0.3) is 0 Å². The van der Waals surface area contributed by atoms with Gasteiger partial charge >= 0.3 is 0 Å². The first kappa shape index (κ1) is 48.2. The van der Waals surface area contributed by atoms with E-state index in [0.717, 1.165) is 32.2 Å². The molecule has 57 heavy (non-hydrogen) atoms. The monoisotopic (exact) mass is 818 g/mol. The van der Waals surface area contributed by atoms with Crippen LogP contribution in [-0.2, 0) is 43.3 Å². The second kappa shape index (κ2) is 21.7. The number of carbonyl (C=O) groups is 5. The molecule has 1 aromatic carbocycles. The number of amides is 3. The standard InChI is InChI=1S/C43H70N4O9S/c1-12-29(6)41(45(9)43(52)34(27(2)3)24-37(49)35-16-13-14-22-46(35)28(4)5)39(55-10)25-40(51)47-23-15-17-36(47)42(56-11)30(7)38(50)26-57(53,54)33-20-18-32(19-21-33)44-31(8)48/h18-21,27-30,34-36,39,41-42H,12-17,22-26H2,1-11H3,(H,44,48)/t29-,30-,34-,35+,36-,39+,41-,42+/m0/s1. The number of methoxy groups -OCH3 is 2. The van der Waals surface area contributed by atoms with Gasteiger partial charge in [0.2, 0.25) is 17.7 Å². The number of anilines is 1. The third-order valence-corrected chi connectivity index (χ3v) is 14.0. The van der Waals surface area contributed by atoms with Gasteiger partial charge in [0.25, 0.3) is 0 Å². The lowest BCUT2D eigenvalue weighted by molar-refractivity contribution is -0.149. The maximum absolute atomic E-state index is 14.4. The van der Waals surface area contributed by atoms with Crippen LogP contribution in [0.5, 0.6) is 0 Å². The van der Waals surface area contributed by atoms with Gasteiger partial charge in [0, 0.05) is 64.7 Å². The van der Waals surface area contributed by atoms with Gasteiger partial charge in [-0.1, -0.05) is 47.5 Å². The lowest BCUT2D eigenvalue weighted by atomic mass is 9.83. The molecule has 322 valence electrons. The number of nitrogens with one attached hydrogen (secondary N) is 1. The molecule has 13 nitrogen and oxygen atoms in total. The fourth-order valence-electron chi connectivity index (χ4n) is 8.83. The van der Waals surface area contributed by atoms with Gasteiger partial charge in [-0.05, 0) is 82.2 Å². The molecule has 2 heterocycles. The highest BCUT2D eigenvalue weighted by molar-refractivity contribution is 7.92. The Kier molecular flexibility index (Phi) is 18.3. The average molecular weight is 819 g/mol. The topological polar surface area (TPSA) is 160 Å². The summed E-state index contributed by atoms with van der Waals surface area (Å²) in [5.74, 6) is -3.25. The Morgan fingerprint density at radius 1 is 0.895 bits per heavy atom. The molecule has 2 saturated heterocycles. The van der Waals surface area contributed by atoms with Crippen LogP contribution in [0, 0.1) is 23.7 Å². The molecule has 8 atom stereocenters.